The molecule has 2 N–H and O–H groups in total. The molecule has 0 bridgehead atoms. The molecule has 1 rings (SSSR count). The maximum Gasteiger partial charge on any atom is 0.139 e. The summed E-state index contributed by atoms with van der Waals surface area (Å²) in [5.74, 6) is 0.703. The van der Waals surface area contributed by atoms with Gasteiger partial charge in [0.2, 0.25) is 0 Å². The Bertz CT molecular complexity index is 267. The number of hydrogen-bond acceptors (Lipinski definition) is 2. The van der Waals surface area contributed by atoms with E-state index in [1.165, 1.54) is 0 Å². The molecule has 0 spiro atoms. The third-order valence-corrected chi connectivity index (χ3v) is 2.25. The molecule has 66 valence electrons. The van der Waals surface area contributed by atoms with E-state index >= 15 is 0 Å². The van der Waals surface area contributed by atoms with Crippen molar-refractivity contribution in [2.45, 2.75) is 0 Å². The first-order valence-corrected chi connectivity index (χ1v) is 4.97. The zero-order valence-corrected chi connectivity index (χ0v) is 9.30. The zero-order valence-electron chi connectivity index (χ0n) is 6.39. The molecule has 4 heteroatoms. The van der Waals surface area contributed by atoms with Crippen LogP contribution in [0.25, 0.3) is 0 Å². The summed E-state index contributed by atoms with van der Waals surface area (Å²) >= 11 is 8.07. The van der Waals surface area contributed by atoms with Gasteiger partial charge >= 0.3 is 0 Å². The van der Waals surface area contributed by atoms with Crippen LogP contribution >= 0.6 is 34.2 Å². The third-order valence-electron chi connectivity index (χ3n) is 1.27. The average molecular weight is 298 g/mol. The fourth-order valence-corrected chi connectivity index (χ4v) is 1.39. The van der Waals surface area contributed by atoms with Gasteiger partial charge in [-0.05, 0) is 40.8 Å². The van der Waals surface area contributed by atoms with Gasteiger partial charge in [0.1, 0.15) is 12.4 Å². The van der Waals surface area contributed by atoms with Crippen molar-refractivity contribution in [2.75, 3.05) is 13.2 Å². The van der Waals surface area contributed by atoms with E-state index in [-0.39, 0.29) is 0 Å². The van der Waals surface area contributed by atoms with Crippen LogP contribution in [0.4, 0.5) is 0 Å². The molecular weight excluding hydrogens is 288 g/mol. The molecule has 2 nitrogen and oxygen atoms in total. The van der Waals surface area contributed by atoms with Gasteiger partial charge in [0, 0.05) is 10.1 Å². The van der Waals surface area contributed by atoms with E-state index in [4.69, 9.17) is 22.1 Å². The Morgan fingerprint density at radius 1 is 1.50 bits per heavy atom. The molecular formula is C8H9ClINO. The number of halogens is 2. The summed E-state index contributed by atoms with van der Waals surface area (Å²) in [6.07, 6.45) is 0. The van der Waals surface area contributed by atoms with Crippen LogP contribution in [0.2, 0.25) is 5.02 Å². The highest BCUT2D eigenvalue weighted by Crippen LogP contribution is 2.25. The van der Waals surface area contributed by atoms with E-state index in [2.05, 4.69) is 22.6 Å². The second-order valence-electron chi connectivity index (χ2n) is 2.21. The first-order valence-electron chi connectivity index (χ1n) is 3.52. The smallest absolute Gasteiger partial charge is 0.139 e. The van der Waals surface area contributed by atoms with Gasteiger partial charge < -0.3 is 10.5 Å². The molecule has 0 saturated carbocycles. The highest BCUT2D eigenvalue weighted by Gasteiger charge is 2.00. The van der Waals surface area contributed by atoms with Gasteiger partial charge in [-0.25, -0.2) is 0 Å². The second-order valence-corrected chi connectivity index (χ2v) is 3.86. The average Bonchev–Trinajstić information content (AvgIpc) is 2.07. The molecule has 12 heavy (non-hydrogen) atoms. The lowest BCUT2D eigenvalue weighted by molar-refractivity contribution is 0.328. The summed E-state index contributed by atoms with van der Waals surface area (Å²) in [4.78, 5) is 0. The van der Waals surface area contributed by atoms with E-state index in [1.807, 2.05) is 18.2 Å². The van der Waals surface area contributed by atoms with Crippen LogP contribution in [-0.2, 0) is 0 Å². The number of rotatable bonds is 3. The lowest BCUT2D eigenvalue weighted by Crippen LogP contribution is -2.10. The number of nitrogens with two attached hydrogens (primary N) is 1. The van der Waals surface area contributed by atoms with E-state index < -0.39 is 0 Å². The molecule has 0 aromatic heterocycles. The standard InChI is InChI=1S/C8H9ClINO/c9-7-2-1-6(10)5-8(7)12-4-3-11/h1-2,5H,3-4,11H2. The Balaban J connectivity index is 2.75. The summed E-state index contributed by atoms with van der Waals surface area (Å²) < 4.78 is 6.41. The topological polar surface area (TPSA) is 35.2 Å². The fourth-order valence-electron chi connectivity index (χ4n) is 0.757. The molecule has 0 aliphatic rings. The van der Waals surface area contributed by atoms with Crippen molar-refractivity contribution in [3.63, 3.8) is 0 Å². The first-order chi connectivity index (χ1) is 5.74. The molecule has 0 atom stereocenters. The lowest BCUT2D eigenvalue weighted by atomic mass is 10.3. The summed E-state index contributed by atoms with van der Waals surface area (Å²) in [7, 11) is 0. The van der Waals surface area contributed by atoms with Gasteiger partial charge in [0.25, 0.3) is 0 Å². The van der Waals surface area contributed by atoms with Crippen LogP contribution in [0.15, 0.2) is 18.2 Å². The molecule has 0 heterocycles. The Kier molecular flexibility index (Phi) is 4.11. The summed E-state index contributed by atoms with van der Waals surface area (Å²) in [6.45, 7) is 1.00. The van der Waals surface area contributed by atoms with E-state index in [9.17, 15) is 0 Å². The molecule has 0 fully saturated rings. The minimum absolute atomic E-state index is 0.500. The molecule has 0 amide bonds. The van der Waals surface area contributed by atoms with Gasteiger partial charge in [0.05, 0.1) is 5.02 Å². The van der Waals surface area contributed by atoms with Crippen LogP contribution in [0, 0.1) is 3.57 Å². The number of hydrogen-bond donors (Lipinski definition) is 1. The third kappa shape index (κ3) is 2.80. The zero-order chi connectivity index (χ0) is 8.97. The monoisotopic (exact) mass is 297 g/mol. The number of benzene rings is 1. The fraction of sp³-hybridized carbons (Fsp3) is 0.250. The van der Waals surface area contributed by atoms with Crippen LogP contribution in [0.3, 0.4) is 0 Å². The van der Waals surface area contributed by atoms with Crippen molar-refractivity contribution in [1.82, 2.24) is 0 Å². The van der Waals surface area contributed by atoms with Crippen molar-refractivity contribution in [1.29, 1.82) is 0 Å². The molecule has 0 radical (unpaired) electrons. The molecule has 0 unspecified atom stereocenters. The minimum atomic E-state index is 0.500. The van der Waals surface area contributed by atoms with Crippen LogP contribution in [-0.4, -0.2) is 13.2 Å². The van der Waals surface area contributed by atoms with Gasteiger partial charge in [-0.15, -0.1) is 0 Å². The quantitative estimate of drug-likeness (QED) is 0.869. The van der Waals surface area contributed by atoms with Crippen molar-refractivity contribution < 1.29 is 4.74 Å². The van der Waals surface area contributed by atoms with Crippen LogP contribution < -0.4 is 10.5 Å². The van der Waals surface area contributed by atoms with Crippen molar-refractivity contribution in [3.05, 3.63) is 26.8 Å². The molecule has 1 aromatic rings. The predicted molar refractivity (Wildman–Crippen MR) is 58.7 cm³/mol. The van der Waals surface area contributed by atoms with Gasteiger partial charge in [-0.3, -0.25) is 0 Å². The van der Waals surface area contributed by atoms with Crippen molar-refractivity contribution >= 4 is 34.2 Å². The molecule has 0 aliphatic carbocycles. The first kappa shape index (κ1) is 10.1. The van der Waals surface area contributed by atoms with Crippen molar-refractivity contribution in [3.8, 4) is 5.75 Å². The lowest BCUT2D eigenvalue weighted by Gasteiger charge is -2.06. The van der Waals surface area contributed by atoms with Crippen LogP contribution in [0.1, 0.15) is 0 Å². The SMILES string of the molecule is NCCOc1cc(I)ccc1Cl. The molecule has 0 aliphatic heterocycles. The van der Waals surface area contributed by atoms with Crippen molar-refractivity contribution in [2.24, 2.45) is 5.73 Å². The van der Waals surface area contributed by atoms with Gasteiger partial charge in [-0.2, -0.15) is 0 Å². The Morgan fingerprint density at radius 3 is 2.92 bits per heavy atom. The summed E-state index contributed by atoms with van der Waals surface area (Å²) in [6, 6.07) is 5.63. The molecule has 0 saturated heterocycles. The maximum atomic E-state index is 5.86. The Hall–Kier alpha value is -0.0000000000000000555. The van der Waals surface area contributed by atoms with Crippen LogP contribution in [0.5, 0.6) is 5.75 Å². The van der Waals surface area contributed by atoms with E-state index in [1.54, 1.807) is 0 Å². The maximum absolute atomic E-state index is 5.86. The summed E-state index contributed by atoms with van der Waals surface area (Å²) in [5, 5.41) is 0.629. The normalized spacial score (nSPS) is 9.92. The van der Waals surface area contributed by atoms with E-state index in [0.29, 0.717) is 23.9 Å². The summed E-state index contributed by atoms with van der Waals surface area (Å²) in [5.41, 5.74) is 5.29. The predicted octanol–water partition coefficient (Wildman–Crippen LogP) is 2.28. The van der Waals surface area contributed by atoms with Gasteiger partial charge in [-0.1, -0.05) is 11.6 Å². The Labute approximate surface area is 90.2 Å². The minimum Gasteiger partial charge on any atom is -0.491 e. The van der Waals surface area contributed by atoms with E-state index in [0.717, 1.165) is 3.57 Å². The Morgan fingerprint density at radius 2 is 2.25 bits per heavy atom. The number of ether oxygens (including phenoxy) is 1. The second kappa shape index (κ2) is 4.89. The largest absolute Gasteiger partial charge is 0.491 e. The van der Waals surface area contributed by atoms with Gasteiger partial charge in [0.15, 0.2) is 0 Å². The molecule has 1 aromatic carbocycles. The highest BCUT2D eigenvalue weighted by molar-refractivity contribution is 14.1. The highest BCUT2D eigenvalue weighted by atomic mass is 127.